The molecule has 4 rings (SSSR count). The van der Waals surface area contributed by atoms with E-state index in [9.17, 15) is 14.4 Å². The molecule has 27 heavy (non-hydrogen) atoms. The Hall–Kier alpha value is -2.67. The number of aromatic nitrogens is 2. The zero-order chi connectivity index (χ0) is 19.2. The highest BCUT2D eigenvalue weighted by atomic mass is 79.9. The van der Waals surface area contributed by atoms with Crippen LogP contribution in [0.15, 0.2) is 56.5 Å². The van der Waals surface area contributed by atoms with Crippen molar-refractivity contribution in [3.63, 3.8) is 0 Å². The number of amides is 1. The van der Waals surface area contributed by atoms with E-state index in [2.05, 4.69) is 26.2 Å². The van der Waals surface area contributed by atoms with E-state index >= 15 is 0 Å². The summed E-state index contributed by atoms with van der Waals surface area (Å²) >= 11 is 3.45. The molecule has 0 fully saturated rings. The van der Waals surface area contributed by atoms with Crippen molar-refractivity contribution in [1.29, 1.82) is 0 Å². The van der Waals surface area contributed by atoms with E-state index in [1.54, 1.807) is 6.07 Å². The first kappa shape index (κ1) is 17.7. The zero-order valence-corrected chi connectivity index (χ0v) is 16.3. The maximum atomic E-state index is 12.7. The molecule has 0 saturated carbocycles. The van der Waals surface area contributed by atoms with E-state index in [-0.39, 0.29) is 12.3 Å². The van der Waals surface area contributed by atoms with Crippen LogP contribution in [0.2, 0.25) is 0 Å². The second-order valence-corrected chi connectivity index (χ2v) is 8.06. The van der Waals surface area contributed by atoms with Gasteiger partial charge in [0.15, 0.2) is 0 Å². The van der Waals surface area contributed by atoms with Gasteiger partial charge in [-0.15, -0.1) is 0 Å². The summed E-state index contributed by atoms with van der Waals surface area (Å²) in [5, 5.41) is 2.87. The molecule has 2 heterocycles. The second-order valence-electron chi connectivity index (χ2n) is 7.14. The summed E-state index contributed by atoms with van der Waals surface area (Å²) < 4.78 is 2.35. The number of nitrogens with zero attached hydrogens (tertiary/aromatic N) is 1. The fraction of sp³-hybridized carbons (Fsp3) is 0.250. The van der Waals surface area contributed by atoms with E-state index < -0.39 is 16.7 Å². The number of aryl methyl sites for hydroxylation is 1. The quantitative estimate of drug-likeness (QED) is 0.629. The highest BCUT2D eigenvalue weighted by Crippen LogP contribution is 2.36. The molecule has 1 aliphatic rings. The van der Waals surface area contributed by atoms with Gasteiger partial charge in [-0.25, -0.2) is 0 Å². The van der Waals surface area contributed by atoms with Gasteiger partial charge in [0.25, 0.3) is 0 Å². The Morgan fingerprint density at radius 1 is 1.26 bits per heavy atom. The Bertz CT molecular complexity index is 1170. The van der Waals surface area contributed by atoms with Crippen molar-refractivity contribution in [2.24, 2.45) is 0 Å². The lowest BCUT2D eigenvalue weighted by molar-refractivity contribution is -0.118. The number of benzene rings is 2. The third-order valence-electron chi connectivity index (χ3n) is 5.09. The van der Waals surface area contributed by atoms with E-state index in [0.717, 1.165) is 16.5 Å². The third kappa shape index (κ3) is 3.12. The molecule has 1 unspecified atom stereocenters. The number of hydrogen-bond acceptors (Lipinski definition) is 3. The van der Waals surface area contributed by atoms with Crippen molar-refractivity contribution >= 4 is 38.6 Å². The second kappa shape index (κ2) is 6.49. The molecule has 3 aromatic rings. The van der Waals surface area contributed by atoms with Gasteiger partial charge in [-0.3, -0.25) is 19.0 Å². The Labute approximate surface area is 163 Å². The standard InChI is InChI=1S/C20H18BrN3O3/c1-20(11-16(25)22-14-5-3-2-4-6-14)8-7-12-9-13(21)10-15-17(12)24(20)19(27)18(26)23-15/h2-6,9-10H,7-8,11H2,1H3,(H,22,25)(H,23,26). The summed E-state index contributed by atoms with van der Waals surface area (Å²) in [5.74, 6) is -0.190. The first-order valence-electron chi connectivity index (χ1n) is 8.70. The van der Waals surface area contributed by atoms with Gasteiger partial charge in [0.05, 0.1) is 23.0 Å². The predicted octanol–water partition coefficient (Wildman–Crippen LogP) is 3.14. The monoisotopic (exact) mass is 427 g/mol. The summed E-state index contributed by atoms with van der Waals surface area (Å²) in [6.45, 7) is 1.86. The van der Waals surface area contributed by atoms with Gasteiger partial charge < -0.3 is 10.3 Å². The van der Waals surface area contributed by atoms with Gasteiger partial charge in [-0.1, -0.05) is 34.1 Å². The molecule has 0 saturated heterocycles. The minimum absolute atomic E-state index is 0.107. The molecule has 138 valence electrons. The van der Waals surface area contributed by atoms with Crippen LogP contribution in [0.5, 0.6) is 0 Å². The van der Waals surface area contributed by atoms with Crippen LogP contribution in [0.1, 0.15) is 25.3 Å². The Morgan fingerprint density at radius 3 is 2.74 bits per heavy atom. The molecule has 1 aromatic heterocycles. The molecule has 2 N–H and O–H groups in total. The molecule has 0 bridgehead atoms. The van der Waals surface area contributed by atoms with Crippen LogP contribution >= 0.6 is 15.9 Å². The molecule has 0 spiro atoms. The number of carbonyl (C=O) groups excluding carboxylic acids is 1. The van der Waals surface area contributed by atoms with E-state index in [1.165, 1.54) is 4.57 Å². The number of carbonyl (C=O) groups is 1. The van der Waals surface area contributed by atoms with Crippen molar-refractivity contribution in [2.75, 3.05) is 5.32 Å². The van der Waals surface area contributed by atoms with Gasteiger partial charge in [-0.2, -0.15) is 0 Å². The van der Waals surface area contributed by atoms with E-state index in [0.29, 0.717) is 23.1 Å². The van der Waals surface area contributed by atoms with Crippen molar-refractivity contribution in [3.8, 4) is 0 Å². The number of halogens is 1. The molecule has 7 heteroatoms. The lowest BCUT2D eigenvalue weighted by atomic mass is 9.85. The molecular weight excluding hydrogens is 410 g/mol. The highest BCUT2D eigenvalue weighted by molar-refractivity contribution is 9.10. The van der Waals surface area contributed by atoms with Crippen molar-refractivity contribution in [3.05, 3.63) is 73.2 Å². The predicted molar refractivity (Wildman–Crippen MR) is 108 cm³/mol. The van der Waals surface area contributed by atoms with Gasteiger partial charge in [0.2, 0.25) is 5.91 Å². The summed E-state index contributed by atoms with van der Waals surface area (Å²) in [5.41, 5.74) is 0.901. The van der Waals surface area contributed by atoms with Crippen molar-refractivity contribution in [1.82, 2.24) is 9.55 Å². The summed E-state index contributed by atoms with van der Waals surface area (Å²) in [7, 11) is 0. The highest BCUT2D eigenvalue weighted by Gasteiger charge is 2.36. The molecule has 1 atom stereocenters. The van der Waals surface area contributed by atoms with Crippen LogP contribution in [0.25, 0.3) is 11.0 Å². The molecular formula is C20H18BrN3O3. The number of rotatable bonds is 3. The largest absolute Gasteiger partial charge is 0.326 e. The van der Waals surface area contributed by atoms with Gasteiger partial charge >= 0.3 is 11.1 Å². The first-order chi connectivity index (χ1) is 12.9. The fourth-order valence-corrected chi connectivity index (χ4v) is 4.36. The maximum Gasteiger partial charge on any atom is 0.317 e. The minimum atomic E-state index is -0.775. The Morgan fingerprint density at radius 2 is 2.00 bits per heavy atom. The van der Waals surface area contributed by atoms with Crippen molar-refractivity contribution < 1.29 is 4.79 Å². The average Bonchev–Trinajstić information content (AvgIpc) is 2.61. The number of para-hydroxylation sites is 1. The molecule has 1 aliphatic heterocycles. The smallest absolute Gasteiger partial charge is 0.317 e. The number of hydrogen-bond donors (Lipinski definition) is 2. The molecule has 2 aromatic carbocycles. The molecule has 0 aliphatic carbocycles. The summed E-state index contributed by atoms with van der Waals surface area (Å²) in [4.78, 5) is 40.2. The Kier molecular flexibility index (Phi) is 4.26. The van der Waals surface area contributed by atoms with Crippen LogP contribution in [0.4, 0.5) is 5.69 Å². The maximum absolute atomic E-state index is 12.7. The SMILES string of the molecule is CC1(CC(=O)Nc2ccccc2)CCc2cc(Br)cc3[nH]c(=O)c(=O)n1c23. The van der Waals surface area contributed by atoms with Gasteiger partial charge in [0.1, 0.15) is 0 Å². The first-order valence-corrected chi connectivity index (χ1v) is 9.49. The Balaban J connectivity index is 1.80. The van der Waals surface area contributed by atoms with Gasteiger partial charge in [0, 0.05) is 10.2 Å². The van der Waals surface area contributed by atoms with Gasteiger partial charge in [-0.05, 0) is 49.6 Å². The number of H-pyrrole nitrogens is 1. The van der Waals surface area contributed by atoms with Crippen LogP contribution < -0.4 is 16.4 Å². The van der Waals surface area contributed by atoms with Crippen LogP contribution in [-0.4, -0.2) is 15.5 Å². The third-order valence-corrected chi connectivity index (χ3v) is 5.55. The van der Waals surface area contributed by atoms with E-state index in [4.69, 9.17) is 0 Å². The fourth-order valence-electron chi connectivity index (χ4n) is 3.86. The lowest BCUT2D eigenvalue weighted by Crippen LogP contribution is -2.49. The molecule has 1 amide bonds. The average molecular weight is 428 g/mol. The van der Waals surface area contributed by atoms with E-state index in [1.807, 2.05) is 43.3 Å². The number of aromatic amines is 1. The molecule has 0 radical (unpaired) electrons. The summed E-state index contributed by atoms with van der Waals surface area (Å²) in [6, 6.07) is 12.9. The van der Waals surface area contributed by atoms with Crippen LogP contribution in [0, 0.1) is 0 Å². The minimum Gasteiger partial charge on any atom is -0.326 e. The van der Waals surface area contributed by atoms with Crippen LogP contribution in [-0.2, 0) is 16.8 Å². The zero-order valence-electron chi connectivity index (χ0n) is 14.7. The number of anilines is 1. The number of nitrogens with one attached hydrogen (secondary N) is 2. The molecule has 6 nitrogen and oxygen atoms in total. The lowest BCUT2D eigenvalue weighted by Gasteiger charge is -2.37. The normalized spacial score (nSPS) is 18.4. The summed E-state index contributed by atoms with van der Waals surface area (Å²) in [6.07, 6.45) is 1.42. The topological polar surface area (TPSA) is 84.0 Å². The van der Waals surface area contributed by atoms with Crippen molar-refractivity contribution in [2.45, 2.75) is 31.7 Å². The van der Waals surface area contributed by atoms with Crippen LogP contribution in [0.3, 0.4) is 0 Å².